The van der Waals surface area contributed by atoms with E-state index in [9.17, 15) is 4.79 Å². The van der Waals surface area contributed by atoms with Crippen molar-refractivity contribution in [3.63, 3.8) is 0 Å². The normalized spacial score (nSPS) is 10.9. The van der Waals surface area contributed by atoms with Gasteiger partial charge in [-0.2, -0.15) is 0 Å². The Hall–Kier alpha value is -2.96. The first-order valence-electron chi connectivity index (χ1n) is 9.46. The summed E-state index contributed by atoms with van der Waals surface area (Å²) in [5, 5.41) is 1.25. The molecule has 0 saturated carbocycles. The molecule has 2 heterocycles. The van der Waals surface area contributed by atoms with Crippen molar-refractivity contribution in [1.29, 1.82) is 0 Å². The number of carbonyl (C=O) groups excluding carboxylic acids is 1. The van der Waals surface area contributed by atoms with Gasteiger partial charge in [0.25, 0.3) is 5.91 Å². The van der Waals surface area contributed by atoms with E-state index < -0.39 is 0 Å². The highest BCUT2D eigenvalue weighted by atomic mass is 35.5. The molecule has 2 aromatic carbocycles. The molecule has 152 valence electrons. The van der Waals surface area contributed by atoms with Crippen LogP contribution in [-0.2, 0) is 11.3 Å². The predicted octanol–water partition coefficient (Wildman–Crippen LogP) is 5.57. The number of benzene rings is 2. The molecule has 0 saturated heterocycles. The maximum atomic E-state index is 13.1. The van der Waals surface area contributed by atoms with E-state index in [-0.39, 0.29) is 12.5 Å². The molecule has 0 unspecified atom stereocenters. The van der Waals surface area contributed by atoms with Crippen molar-refractivity contribution in [2.45, 2.75) is 20.4 Å². The van der Waals surface area contributed by atoms with E-state index in [0.29, 0.717) is 22.4 Å². The molecule has 0 atom stereocenters. The summed E-state index contributed by atoms with van der Waals surface area (Å²) in [6, 6.07) is 16.7. The fraction of sp³-hybridized carbons (Fsp3) is 0.174. The number of aromatic nitrogens is 2. The molecule has 0 fully saturated rings. The molecule has 0 N–H and O–H groups in total. The first kappa shape index (κ1) is 20.3. The molecular weight excluding hydrogens is 418 g/mol. The summed E-state index contributed by atoms with van der Waals surface area (Å²) in [5.41, 5.74) is 3.97. The fourth-order valence-electron chi connectivity index (χ4n) is 3.15. The number of nitrogens with zero attached hydrogens (tertiary/aromatic N) is 3. The van der Waals surface area contributed by atoms with Crippen LogP contribution in [-0.4, -0.2) is 22.5 Å². The number of hydrogen-bond donors (Lipinski definition) is 0. The molecule has 0 aliphatic rings. The number of aryl methyl sites for hydroxylation is 2. The van der Waals surface area contributed by atoms with Gasteiger partial charge in [0.1, 0.15) is 5.75 Å². The summed E-state index contributed by atoms with van der Waals surface area (Å²) in [6.07, 6.45) is 1.72. The average Bonchev–Trinajstić information content (AvgIpc) is 3.16. The van der Waals surface area contributed by atoms with Crippen LogP contribution in [0.25, 0.3) is 10.2 Å². The Bertz CT molecular complexity index is 1180. The molecule has 5 nitrogen and oxygen atoms in total. The van der Waals surface area contributed by atoms with Gasteiger partial charge >= 0.3 is 0 Å². The Labute approximate surface area is 183 Å². The molecule has 2 aromatic heterocycles. The molecular formula is C23H20ClN3O2S. The zero-order chi connectivity index (χ0) is 21.1. The largest absolute Gasteiger partial charge is 0.484 e. The number of pyridine rings is 1. The van der Waals surface area contributed by atoms with Gasteiger partial charge in [-0.05, 0) is 67.4 Å². The second kappa shape index (κ2) is 8.81. The number of hydrogen-bond acceptors (Lipinski definition) is 5. The standard InChI is InChI=1S/C23H20ClN3O2S/c1-15-11-16(2)22-20(12-15)26-23(30-22)27(13-18-5-3-4-10-25-18)21(28)14-29-19-8-6-17(24)7-9-19/h3-12H,13-14H2,1-2H3. The molecule has 4 rings (SSSR count). The summed E-state index contributed by atoms with van der Waals surface area (Å²) >= 11 is 7.42. The van der Waals surface area contributed by atoms with Crippen LogP contribution in [0.5, 0.6) is 5.75 Å². The average molecular weight is 438 g/mol. The van der Waals surface area contributed by atoms with Crippen LogP contribution in [0, 0.1) is 13.8 Å². The number of halogens is 1. The smallest absolute Gasteiger partial charge is 0.267 e. The molecule has 0 radical (unpaired) electrons. The SMILES string of the molecule is Cc1cc(C)c2sc(N(Cc3ccccn3)C(=O)COc3ccc(Cl)cc3)nc2c1. The second-order valence-electron chi connectivity index (χ2n) is 6.97. The Morgan fingerprint density at radius 1 is 1.13 bits per heavy atom. The monoisotopic (exact) mass is 437 g/mol. The van der Waals surface area contributed by atoms with Crippen molar-refractivity contribution in [3.05, 3.63) is 82.6 Å². The number of fused-ring (bicyclic) bond motifs is 1. The lowest BCUT2D eigenvalue weighted by molar-refractivity contribution is -0.120. The van der Waals surface area contributed by atoms with Gasteiger partial charge in [0.05, 0.1) is 22.5 Å². The third-order valence-corrected chi connectivity index (χ3v) is 6.04. The van der Waals surface area contributed by atoms with E-state index in [1.165, 1.54) is 11.3 Å². The second-order valence-corrected chi connectivity index (χ2v) is 8.38. The molecule has 4 aromatic rings. The molecule has 0 bridgehead atoms. The lowest BCUT2D eigenvalue weighted by Crippen LogP contribution is -2.34. The van der Waals surface area contributed by atoms with Crippen molar-refractivity contribution in [1.82, 2.24) is 9.97 Å². The van der Waals surface area contributed by atoms with Crippen molar-refractivity contribution < 1.29 is 9.53 Å². The first-order chi connectivity index (χ1) is 14.5. The Kier molecular flexibility index (Phi) is 5.97. The van der Waals surface area contributed by atoms with Crippen LogP contribution in [0.1, 0.15) is 16.8 Å². The van der Waals surface area contributed by atoms with Crippen molar-refractivity contribution in [3.8, 4) is 5.75 Å². The Morgan fingerprint density at radius 2 is 1.93 bits per heavy atom. The highest BCUT2D eigenvalue weighted by Gasteiger charge is 2.22. The van der Waals surface area contributed by atoms with Crippen LogP contribution in [0.3, 0.4) is 0 Å². The maximum absolute atomic E-state index is 13.1. The van der Waals surface area contributed by atoms with E-state index in [2.05, 4.69) is 18.0 Å². The van der Waals surface area contributed by atoms with Gasteiger partial charge in [0.2, 0.25) is 0 Å². The topological polar surface area (TPSA) is 55.3 Å². The summed E-state index contributed by atoms with van der Waals surface area (Å²) in [4.78, 5) is 23.9. The molecule has 0 aliphatic heterocycles. The summed E-state index contributed by atoms with van der Waals surface area (Å²) in [5.74, 6) is 0.394. The third kappa shape index (κ3) is 4.61. The summed E-state index contributed by atoms with van der Waals surface area (Å²) in [7, 11) is 0. The molecule has 7 heteroatoms. The molecule has 0 spiro atoms. The van der Waals surface area contributed by atoms with Gasteiger partial charge in [0, 0.05) is 11.2 Å². The zero-order valence-corrected chi connectivity index (χ0v) is 18.2. The quantitative estimate of drug-likeness (QED) is 0.395. The van der Waals surface area contributed by atoms with E-state index >= 15 is 0 Å². The van der Waals surface area contributed by atoms with E-state index in [0.717, 1.165) is 27.0 Å². The van der Waals surface area contributed by atoms with Crippen LogP contribution in [0.2, 0.25) is 5.02 Å². The van der Waals surface area contributed by atoms with E-state index in [4.69, 9.17) is 21.3 Å². The minimum Gasteiger partial charge on any atom is -0.484 e. The van der Waals surface area contributed by atoms with Crippen molar-refractivity contribution >= 4 is 44.2 Å². The first-order valence-corrected chi connectivity index (χ1v) is 10.7. The zero-order valence-electron chi connectivity index (χ0n) is 16.6. The van der Waals surface area contributed by atoms with Crippen LogP contribution in [0.4, 0.5) is 5.13 Å². The fourth-order valence-corrected chi connectivity index (χ4v) is 4.31. The lowest BCUT2D eigenvalue weighted by atomic mass is 10.1. The molecule has 0 aliphatic carbocycles. The molecule has 30 heavy (non-hydrogen) atoms. The van der Waals surface area contributed by atoms with Gasteiger partial charge in [-0.3, -0.25) is 14.7 Å². The highest BCUT2D eigenvalue weighted by Crippen LogP contribution is 2.33. The minimum atomic E-state index is -0.191. The van der Waals surface area contributed by atoms with Crippen LogP contribution < -0.4 is 9.64 Å². The van der Waals surface area contributed by atoms with Gasteiger partial charge in [0.15, 0.2) is 11.7 Å². The lowest BCUT2D eigenvalue weighted by Gasteiger charge is -2.19. The number of rotatable bonds is 6. The van der Waals surface area contributed by atoms with Crippen LogP contribution >= 0.6 is 22.9 Å². The summed E-state index contributed by atoms with van der Waals surface area (Å²) in [6.45, 7) is 4.32. The van der Waals surface area contributed by atoms with Gasteiger partial charge < -0.3 is 4.74 Å². The van der Waals surface area contributed by atoms with Gasteiger partial charge in [-0.25, -0.2) is 4.98 Å². The number of carbonyl (C=O) groups is 1. The maximum Gasteiger partial charge on any atom is 0.267 e. The number of thiazole rings is 1. The van der Waals surface area contributed by atoms with E-state index in [1.54, 1.807) is 35.4 Å². The summed E-state index contributed by atoms with van der Waals surface area (Å²) < 4.78 is 6.76. The van der Waals surface area contributed by atoms with Gasteiger partial charge in [-0.1, -0.05) is 35.1 Å². The van der Waals surface area contributed by atoms with E-state index in [1.807, 2.05) is 31.2 Å². The number of ether oxygens (including phenoxy) is 1. The Morgan fingerprint density at radius 3 is 2.67 bits per heavy atom. The van der Waals surface area contributed by atoms with Crippen LogP contribution in [0.15, 0.2) is 60.8 Å². The predicted molar refractivity (Wildman–Crippen MR) is 121 cm³/mol. The number of amides is 1. The highest BCUT2D eigenvalue weighted by molar-refractivity contribution is 7.22. The van der Waals surface area contributed by atoms with Crippen molar-refractivity contribution in [2.24, 2.45) is 0 Å². The minimum absolute atomic E-state index is 0.109. The van der Waals surface area contributed by atoms with Gasteiger partial charge in [-0.15, -0.1) is 0 Å². The third-order valence-electron chi connectivity index (χ3n) is 4.56. The number of anilines is 1. The van der Waals surface area contributed by atoms with Crippen molar-refractivity contribution in [2.75, 3.05) is 11.5 Å². The Balaban J connectivity index is 1.63. The molecule has 1 amide bonds.